The van der Waals surface area contributed by atoms with E-state index >= 15 is 0 Å². The quantitative estimate of drug-likeness (QED) is 0.744. The molecule has 6 heteroatoms. The van der Waals surface area contributed by atoms with E-state index in [-0.39, 0.29) is 11.9 Å². The lowest BCUT2D eigenvalue weighted by atomic mass is 10.1. The monoisotopic (exact) mass is 323 g/mol. The van der Waals surface area contributed by atoms with Gasteiger partial charge in [-0.15, -0.1) is 0 Å². The molecule has 1 fully saturated rings. The first-order valence-corrected chi connectivity index (χ1v) is 8.14. The van der Waals surface area contributed by atoms with E-state index < -0.39 is 0 Å². The second-order valence-electron chi connectivity index (χ2n) is 5.88. The summed E-state index contributed by atoms with van der Waals surface area (Å²) in [5.41, 5.74) is 1.87. The summed E-state index contributed by atoms with van der Waals surface area (Å²) in [7, 11) is 0. The Balaban J connectivity index is 1.76. The predicted octanol–water partition coefficient (Wildman–Crippen LogP) is 1.52. The molecule has 0 spiro atoms. The molecule has 0 unspecified atom stereocenters. The van der Waals surface area contributed by atoms with Gasteiger partial charge in [-0.1, -0.05) is 6.07 Å². The molecule has 0 bridgehead atoms. The van der Waals surface area contributed by atoms with E-state index in [1.165, 1.54) is 0 Å². The van der Waals surface area contributed by atoms with Gasteiger partial charge in [0.2, 0.25) is 0 Å². The predicted molar refractivity (Wildman–Crippen MR) is 88.0 cm³/mol. The van der Waals surface area contributed by atoms with Gasteiger partial charge >= 0.3 is 11.7 Å². The lowest BCUT2D eigenvalue weighted by Crippen LogP contribution is -2.45. The molecule has 0 atom stereocenters. The van der Waals surface area contributed by atoms with E-state index in [1.54, 1.807) is 12.4 Å². The zero-order valence-corrected chi connectivity index (χ0v) is 13.3. The molecule has 6 nitrogen and oxygen atoms in total. The highest BCUT2D eigenvalue weighted by atomic mass is 16.5. The zero-order chi connectivity index (χ0) is 16.4. The molecule has 1 saturated heterocycles. The fraction of sp³-hybridized carbons (Fsp3) is 0.278. The van der Waals surface area contributed by atoms with Crippen molar-refractivity contribution in [2.75, 3.05) is 13.2 Å². The smallest absolute Gasteiger partial charge is 0.358 e. The summed E-state index contributed by atoms with van der Waals surface area (Å²) in [5.74, 6) is 0.508. The minimum atomic E-state index is -0.0788. The molecule has 4 heterocycles. The lowest BCUT2D eigenvalue weighted by molar-refractivity contribution is -0.596. The highest BCUT2D eigenvalue weighted by molar-refractivity contribution is 5.90. The van der Waals surface area contributed by atoms with Crippen LogP contribution >= 0.6 is 0 Å². The molecular formula is C18H19N4O2+. The number of carbonyl (C=O) groups is 1. The van der Waals surface area contributed by atoms with Crippen molar-refractivity contribution in [3.05, 3.63) is 60.9 Å². The number of pyridine rings is 2. The van der Waals surface area contributed by atoms with Crippen LogP contribution in [0.2, 0.25) is 0 Å². The van der Waals surface area contributed by atoms with Crippen LogP contribution in [0.25, 0.3) is 11.2 Å². The van der Waals surface area contributed by atoms with Gasteiger partial charge in [0.15, 0.2) is 5.52 Å². The van der Waals surface area contributed by atoms with Crippen LogP contribution in [0, 0.1) is 0 Å². The summed E-state index contributed by atoms with van der Waals surface area (Å²) in [6.07, 6.45) is 9.03. The SMILES string of the molecule is O=C(NC1CCOCC1)c1n2ccccc2c[n+]1-c1ccncc1. The van der Waals surface area contributed by atoms with Crippen molar-refractivity contribution < 1.29 is 14.1 Å². The molecule has 3 aromatic heterocycles. The molecule has 1 N–H and O–H groups in total. The van der Waals surface area contributed by atoms with Crippen LogP contribution in [0.1, 0.15) is 23.5 Å². The highest BCUT2D eigenvalue weighted by Crippen LogP contribution is 2.11. The summed E-state index contributed by atoms with van der Waals surface area (Å²) in [5, 5.41) is 3.15. The molecule has 0 saturated carbocycles. The summed E-state index contributed by atoms with van der Waals surface area (Å²) in [6, 6.07) is 9.83. The van der Waals surface area contributed by atoms with E-state index in [1.807, 2.05) is 51.7 Å². The molecule has 122 valence electrons. The Bertz CT molecular complexity index is 854. The topological polar surface area (TPSA) is 59.5 Å². The third-order valence-electron chi connectivity index (χ3n) is 4.31. The second-order valence-corrected chi connectivity index (χ2v) is 5.88. The first-order chi connectivity index (χ1) is 11.8. The number of carbonyl (C=O) groups excluding carboxylic acids is 1. The average molecular weight is 323 g/mol. The second kappa shape index (κ2) is 6.41. The largest absolute Gasteiger partial charge is 0.381 e. The minimum Gasteiger partial charge on any atom is -0.381 e. The van der Waals surface area contributed by atoms with Crippen LogP contribution in [0.4, 0.5) is 0 Å². The number of hydrogen-bond acceptors (Lipinski definition) is 3. The maximum atomic E-state index is 13.0. The number of rotatable bonds is 3. The van der Waals surface area contributed by atoms with Gasteiger partial charge in [0.1, 0.15) is 11.9 Å². The Morgan fingerprint density at radius 1 is 1.21 bits per heavy atom. The van der Waals surface area contributed by atoms with Crippen LogP contribution in [0.3, 0.4) is 0 Å². The number of fused-ring (bicyclic) bond motifs is 1. The van der Waals surface area contributed by atoms with Crippen LogP contribution in [0.15, 0.2) is 55.1 Å². The molecule has 0 radical (unpaired) electrons. The van der Waals surface area contributed by atoms with Crippen molar-refractivity contribution in [1.29, 1.82) is 0 Å². The Morgan fingerprint density at radius 2 is 2.00 bits per heavy atom. The number of nitrogens with zero attached hydrogens (tertiary/aromatic N) is 3. The van der Waals surface area contributed by atoms with E-state index in [4.69, 9.17) is 4.74 Å². The number of nitrogens with one attached hydrogen (secondary N) is 1. The van der Waals surface area contributed by atoms with Crippen molar-refractivity contribution in [2.45, 2.75) is 18.9 Å². The highest BCUT2D eigenvalue weighted by Gasteiger charge is 2.29. The Labute approximate surface area is 139 Å². The number of ether oxygens (including phenoxy) is 1. The van der Waals surface area contributed by atoms with Crippen molar-refractivity contribution >= 4 is 11.4 Å². The number of amides is 1. The molecule has 1 aliphatic heterocycles. The van der Waals surface area contributed by atoms with Gasteiger partial charge in [-0.25, -0.2) is 0 Å². The third-order valence-corrected chi connectivity index (χ3v) is 4.31. The van der Waals surface area contributed by atoms with Gasteiger partial charge in [-0.05, 0) is 25.0 Å². The van der Waals surface area contributed by atoms with Crippen molar-refractivity contribution in [3.63, 3.8) is 0 Å². The van der Waals surface area contributed by atoms with Crippen molar-refractivity contribution in [3.8, 4) is 5.69 Å². The molecule has 0 aliphatic carbocycles. The molecule has 1 amide bonds. The minimum absolute atomic E-state index is 0.0788. The maximum absolute atomic E-state index is 13.0. The van der Waals surface area contributed by atoms with Crippen LogP contribution in [-0.2, 0) is 4.74 Å². The van der Waals surface area contributed by atoms with Gasteiger partial charge in [0.25, 0.3) is 0 Å². The summed E-state index contributed by atoms with van der Waals surface area (Å²) in [6.45, 7) is 1.40. The molecular weight excluding hydrogens is 304 g/mol. The van der Waals surface area contributed by atoms with Gasteiger partial charge in [0, 0.05) is 43.8 Å². The van der Waals surface area contributed by atoms with Crippen LogP contribution < -0.4 is 9.88 Å². The van der Waals surface area contributed by atoms with Gasteiger partial charge in [-0.2, -0.15) is 8.97 Å². The molecule has 1 aliphatic rings. The van der Waals surface area contributed by atoms with Gasteiger partial charge < -0.3 is 10.1 Å². The summed E-state index contributed by atoms with van der Waals surface area (Å²) < 4.78 is 9.19. The molecule has 0 aromatic carbocycles. The molecule has 24 heavy (non-hydrogen) atoms. The first-order valence-electron chi connectivity index (χ1n) is 8.14. The third kappa shape index (κ3) is 2.76. The first kappa shape index (κ1) is 14.8. The molecule has 4 rings (SSSR count). The Morgan fingerprint density at radius 3 is 2.79 bits per heavy atom. The van der Waals surface area contributed by atoms with E-state index in [2.05, 4.69) is 10.3 Å². The maximum Gasteiger partial charge on any atom is 0.358 e. The Hall–Kier alpha value is -2.73. The van der Waals surface area contributed by atoms with Crippen LogP contribution in [-0.4, -0.2) is 34.5 Å². The summed E-state index contributed by atoms with van der Waals surface area (Å²) in [4.78, 5) is 17.0. The zero-order valence-electron chi connectivity index (χ0n) is 13.3. The lowest BCUT2D eigenvalue weighted by Gasteiger charge is -2.22. The van der Waals surface area contributed by atoms with Gasteiger partial charge in [-0.3, -0.25) is 9.78 Å². The van der Waals surface area contributed by atoms with Crippen molar-refractivity contribution in [2.24, 2.45) is 0 Å². The fourth-order valence-electron chi connectivity index (χ4n) is 3.08. The molecule has 3 aromatic rings. The number of hydrogen-bond donors (Lipinski definition) is 1. The number of imidazole rings is 1. The Kier molecular flexibility index (Phi) is 3.96. The van der Waals surface area contributed by atoms with E-state index in [0.29, 0.717) is 19.0 Å². The normalized spacial score (nSPS) is 15.5. The average Bonchev–Trinajstić information content (AvgIpc) is 3.03. The van der Waals surface area contributed by atoms with Crippen LogP contribution in [0.5, 0.6) is 0 Å². The fourth-order valence-corrected chi connectivity index (χ4v) is 3.08. The van der Waals surface area contributed by atoms with E-state index in [9.17, 15) is 4.79 Å². The van der Waals surface area contributed by atoms with E-state index in [0.717, 1.165) is 24.0 Å². The van der Waals surface area contributed by atoms with Crippen molar-refractivity contribution in [1.82, 2.24) is 14.7 Å². The van der Waals surface area contributed by atoms with Gasteiger partial charge in [0.05, 0.1) is 6.20 Å². The summed E-state index contributed by atoms with van der Waals surface area (Å²) >= 11 is 0. The standard InChI is InChI=1S/C18H18N4O2/c23-17(20-14-6-11-24-12-7-14)18-21-10-2-1-3-16(21)13-22(18)15-4-8-19-9-5-15/h1-5,8-10,13-14H,6-7,11-12H2/p+1. The number of aromatic nitrogens is 3.